The SMILES string of the molecule is CC(C)CCOc1cc(C(=O)OCc2ccccc2)ccc1N. The zero-order valence-electron chi connectivity index (χ0n) is 13.6. The summed E-state index contributed by atoms with van der Waals surface area (Å²) in [5.41, 5.74) is 7.80. The number of carbonyl (C=O) groups excluding carboxylic acids is 1. The van der Waals surface area contributed by atoms with E-state index in [1.807, 2.05) is 30.3 Å². The predicted molar refractivity (Wildman–Crippen MR) is 91.4 cm³/mol. The highest BCUT2D eigenvalue weighted by Gasteiger charge is 2.11. The number of nitrogens with two attached hydrogens (primary N) is 1. The second-order valence-corrected chi connectivity index (χ2v) is 5.85. The quantitative estimate of drug-likeness (QED) is 0.619. The number of carbonyl (C=O) groups is 1. The van der Waals surface area contributed by atoms with E-state index < -0.39 is 0 Å². The van der Waals surface area contributed by atoms with Crippen LogP contribution < -0.4 is 10.5 Å². The van der Waals surface area contributed by atoms with E-state index in [-0.39, 0.29) is 12.6 Å². The Kier molecular flexibility index (Phi) is 6.03. The number of benzene rings is 2. The molecule has 2 aromatic rings. The lowest BCUT2D eigenvalue weighted by Crippen LogP contribution is -2.08. The summed E-state index contributed by atoms with van der Waals surface area (Å²) in [6.45, 7) is 5.08. The summed E-state index contributed by atoms with van der Waals surface area (Å²) in [6, 6.07) is 14.5. The number of hydrogen-bond donors (Lipinski definition) is 1. The van der Waals surface area contributed by atoms with Gasteiger partial charge in [-0.2, -0.15) is 0 Å². The zero-order valence-corrected chi connectivity index (χ0v) is 13.6. The first kappa shape index (κ1) is 16.9. The standard InChI is InChI=1S/C19H23NO3/c1-14(2)10-11-22-18-12-16(8-9-17(18)20)19(21)23-13-15-6-4-3-5-7-15/h3-9,12,14H,10-11,13,20H2,1-2H3. The molecule has 0 saturated carbocycles. The van der Waals surface area contributed by atoms with Crippen molar-refractivity contribution >= 4 is 11.7 Å². The molecule has 0 aliphatic heterocycles. The second-order valence-electron chi connectivity index (χ2n) is 5.85. The van der Waals surface area contributed by atoms with Crippen molar-refractivity contribution in [2.24, 2.45) is 5.92 Å². The topological polar surface area (TPSA) is 61.5 Å². The predicted octanol–water partition coefficient (Wildman–Crippen LogP) is 4.05. The van der Waals surface area contributed by atoms with E-state index in [2.05, 4.69) is 13.8 Å². The van der Waals surface area contributed by atoms with Gasteiger partial charge in [0.15, 0.2) is 0 Å². The van der Waals surface area contributed by atoms with E-state index in [1.165, 1.54) is 0 Å². The van der Waals surface area contributed by atoms with Crippen LogP contribution in [0.3, 0.4) is 0 Å². The minimum atomic E-state index is -0.387. The largest absolute Gasteiger partial charge is 0.491 e. The molecule has 0 amide bonds. The molecule has 0 fully saturated rings. The monoisotopic (exact) mass is 313 g/mol. The Hall–Kier alpha value is -2.49. The van der Waals surface area contributed by atoms with E-state index in [4.69, 9.17) is 15.2 Å². The van der Waals surface area contributed by atoms with Gasteiger partial charge < -0.3 is 15.2 Å². The molecule has 0 radical (unpaired) electrons. The van der Waals surface area contributed by atoms with Gasteiger partial charge in [-0.1, -0.05) is 44.2 Å². The number of esters is 1. The van der Waals surface area contributed by atoms with E-state index in [1.54, 1.807) is 18.2 Å². The molecule has 122 valence electrons. The van der Waals surface area contributed by atoms with Gasteiger partial charge >= 0.3 is 5.97 Å². The zero-order chi connectivity index (χ0) is 16.7. The molecule has 0 spiro atoms. The molecule has 23 heavy (non-hydrogen) atoms. The Balaban J connectivity index is 1.97. The molecule has 0 aliphatic carbocycles. The van der Waals surface area contributed by atoms with Crippen molar-refractivity contribution in [1.82, 2.24) is 0 Å². The van der Waals surface area contributed by atoms with Crippen molar-refractivity contribution < 1.29 is 14.3 Å². The first-order valence-corrected chi connectivity index (χ1v) is 7.79. The fraction of sp³-hybridized carbons (Fsp3) is 0.316. The second kappa shape index (κ2) is 8.22. The van der Waals surface area contributed by atoms with Crippen LogP contribution in [0.1, 0.15) is 36.2 Å². The third-order valence-electron chi connectivity index (χ3n) is 3.41. The maximum Gasteiger partial charge on any atom is 0.338 e. The lowest BCUT2D eigenvalue weighted by molar-refractivity contribution is 0.0472. The van der Waals surface area contributed by atoms with E-state index >= 15 is 0 Å². The normalized spacial score (nSPS) is 10.6. The fourth-order valence-corrected chi connectivity index (χ4v) is 2.00. The van der Waals surface area contributed by atoms with Crippen LogP contribution >= 0.6 is 0 Å². The van der Waals surface area contributed by atoms with Crippen LogP contribution in [0.5, 0.6) is 5.75 Å². The van der Waals surface area contributed by atoms with Crippen LogP contribution in [0.15, 0.2) is 48.5 Å². The van der Waals surface area contributed by atoms with Crippen LogP contribution in [0, 0.1) is 5.92 Å². The van der Waals surface area contributed by atoms with Crippen LogP contribution in [-0.4, -0.2) is 12.6 Å². The third-order valence-corrected chi connectivity index (χ3v) is 3.41. The lowest BCUT2D eigenvalue weighted by atomic mass is 10.1. The summed E-state index contributed by atoms with van der Waals surface area (Å²) in [7, 11) is 0. The number of rotatable bonds is 7. The summed E-state index contributed by atoms with van der Waals surface area (Å²) < 4.78 is 11.0. The van der Waals surface area contributed by atoms with E-state index in [0.717, 1.165) is 12.0 Å². The number of anilines is 1. The van der Waals surface area contributed by atoms with Gasteiger partial charge in [-0.25, -0.2) is 4.79 Å². The highest BCUT2D eigenvalue weighted by molar-refractivity contribution is 5.90. The van der Waals surface area contributed by atoms with Crippen LogP contribution in [0.2, 0.25) is 0 Å². The third kappa shape index (κ3) is 5.33. The van der Waals surface area contributed by atoms with Crippen molar-refractivity contribution in [2.75, 3.05) is 12.3 Å². The Bertz CT molecular complexity index is 638. The van der Waals surface area contributed by atoms with E-state index in [9.17, 15) is 4.79 Å². The number of ether oxygens (including phenoxy) is 2. The fourth-order valence-electron chi connectivity index (χ4n) is 2.00. The van der Waals surface area contributed by atoms with Crippen molar-refractivity contribution in [3.05, 3.63) is 59.7 Å². The molecular weight excluding hydrogens is 290 g/mol. The average Bonchev–Trinajstić information content (AvgIpc) is 2.55. The minimum Gasteiger partial charge on any atom is -0.491 e. The summed E-state index contributed by atoms with van der Waals surface area (Å²) in [6.07, 6.45) is 0.933. The van der Waals surface area contributed by atoms with Crippen LogP contribution in [0.4, 0.5) is 5.69 Å². The van der Waals surface area contributed by atoms with Gasteiger partial charge in [-0.3, -0.25) is 0 Å². The van der Waals surface area contributed by atoms with E-state index in [0.29, 0.717) is 29.5 Å². The molecule has 2 rings (SSSR count). The molecule has 0 atom stereocenters. The first-order valence-electron chi connectivity index (χ1n) is 7.79. The molecule has 0 aliphatic rings. The molecule has 0 unspecified atom stereocenters. The molecular formula is C19H23NO3. The van der Waals surface area contributed by atoms with Gasteiger partial charge in [0.2, 0.25) is 0 Å². The highest BCUT2D eigenvalue weighted by Crippen LogP contribution is 2.24. The van der Waals surface area contributed by atoms with Gasteiger partial charge in [-0.05, 0) is 36.1 Å². The highest BCUT2D eigenvalue weighted by atomic mass is 16.5. The average molecular weight is 313 g/mol. The van der Waals surface area contributed by atoms with Crippen LogP contribution in [0.25, 0.3) is 0 Å². The van der Waals surface area contributed by atoms with Crippen molar-refractivity contribution in [1.29, 1.82) is 0 Å². The summed E-state index contributed by atoms with van der Waals surface area (Å²) in [4.78, 5) is 12.1. The summed E-state index contributed by atoms with van der Waals surface area (Å²) >= 11 is 0. The maximum atomic E-state index is 12.1. The molecule has 4 heteroatoms. The molecule has 0 bridgehead atoms. The molecule has 0 heterocycles. The Labute approximate surface area is 137 Å². The Morgan fingerprint density at radius 3 is 2.57 bits per heavy atom. The van der Waals surface area contributed by atoms with Gasteiger partial charge in [0.1, 0.15) is 12.4 Å². The van der Waals surface area contributed by atoms with Gasteiger partial charge in [0, 0.05) is 0 Å². The summed E-state index contributed by atoms with van der Waals surface area (Å²) in [5, 5.41) is 0. The van der Waals surface area contributed by atoms with Gasteiger partial charge in [0.05, 0.1) is 17.9 Å². The van der Waals surface area contributed by atoms with Crippen molar-refractivity contribution in [3.8, 4) is 5.75 Å². The minimum absolute atomic E-state index is 0.244. The first-order chi connectivity index (χ1) is 11.1. The molecule has 2 N–H and O–H groups in total. The molecule has 0 saturated heterocycles. The summed E-state index contributed by atoms with van der Waals surface area (Å²) in [5.74, 6) is 0.692. The smallest absolute Gasteiger partial charge is 0.338 e. The molecule has 0 aromatic heterocycles. The van der Waals surface area contributed by atoms with Crippen LogP contribution in [-0.2, 0) is 11.3 Å². The van der Waals surface area contributed by atoms with Crippen molar-refractivity contribution in [2.45, 2.75) is 26.9 Å². The number of nitrogen functional groups attached to an aromatic ring is 1. The maximum absolute atomic E-state index is 12.1. The Morgan fingerprint density at radius 1 is 1.13 bits per heavy atom. The molecule has 2 aromatic carbocycles. The molecule has 4 nitrogen and oxygen atoms in total. The van der Waals surface area contributed by atoms with Gasteiger partial charge in [-0.15, -0.1) is 0 Å². The van der Waals surface area contributed by atoms with Crippen molar-refractivity contribution in [3.63, 3.8) is 0 Å². The number of hydrogen-bond acceptors (Lipinski definition) is 4. The lowest BCUT2D eigenvalue weighted by Gasteiger charge is -2.12. The van der Waals surface area contributed by atoms with Gasteiger partial charge in [0.25, 0.3) is 0 Å². The Morgan fingerprint density at radius 2 is 1.87 bits per heavy atom.